The molecule has 3 saturated heterocycles. The third-order valence-corrected chi connectivity index (χ3v) is 10.9. The molecule has 13 heteroatoms. The maximum atomic E-state index is 14.4. The van der Waals surface area contributed by atoms with Gasteiger partial charge in [0.1, 0.15) is 5.60 Å². The molecule has 0 saturated carbocycles. The molecule has 3 fully saturated rings. The molecule has 5 aliphatic heterocycles. The van der Waals surface area contributed by atoms with Crippen LogP contribution in [-0.4, -0.2) is 105 Å². The van der Waals surface area contributed by atoms with Gasteiger partial charge in [0.2, 0.25) is 0 Å². The van der Waals surface area contributed by atoms with E-state index in [1.165, 1.54) is 12.0 Å². The summed E-state index contributed by atoms with van der Waals surface area (Å²) in [5, 5.41) is 0. The average molecular weight is 774 g/mol. The number of hydrogen-bond acceptors (Lipinski definition) is 10. The van der Waals surface area contributed by atoms with Gasteiger partial charge in [-0.2, -0.15) is 0 Å². The van der Waals surface area contributed by atoms with Crippen LogP contribution in [0.4, 0.5) is 10.5 Å². The Labute approximate surface area is 329 Å². The first-order chi connectivity index (χ1) is 26.9. The van der Waals surface area contributed by atoms with Crippen molar-refractivity contribution in [3.8, 4) is 23.0 Å². The normalized spacial score (nSPS) is 23.2. The molecule has 0 aromatic heterocycles. The number of carbonyl (C=O) groups is 3. The van der Waals surface area contributed by atoms with E-state index < -0.39 is 23.7 Å². The zero-order chi connectivity index (χ0) is 39.6. The Morgan fingerprint density at radius 1 is 0.893 bits per heavy atom. The summed E-state index contributed by atoms with van der Waals surface area (Å²) >= 11 is 0. The highest BCUT2D eigenvalue weighted by molar-refractivity contribution is 6.06. The number of amides is 3. The van der Waals surface area contributed by atoms with Crippen molar-refractivity contribution in [1.82, 2.24) is 9.80 Å². The monoisotopic (exact) mass is 773 g/mol. The fraction of sp³-hybridized carbons (Fsp3) is 0.558. The molecule has 56 heavy (non-hydrogen) atoms. The predicted octanol–water partition coefficient (Wildman–Crippen LogP) is 7.36. The summed E-state index contributed by atoms with van der Waals surface area (Å²) in [6.45, 7) is 12.1. The lowest BCUT2D eigenvalue weighted by atomic mass is 10.1. The lowest BCUT2D eigenvalue weighted by molar-refractivity contribution is -0.248. The van der Waals surface area contributed by atoms with Crippen molar-refractivity contribution >= 4 is 29.7 Å². The van der Waals surface area contributed by atoms with E-state index in [1.807, 2.05) is 17.0 Å². The minimum absolute atomic E-state index is 0.0197. The fourth-order valence-corrected chi connectivity index (χ4v) is 8.20. The van der Waals surface area contributed by atoms with E-state index in [4.69, 9.17) is 33.2 Å². The molecule has 302 valence electrons. The third-order valence-electron chi connectivity index (χ3n) is 10.9. The number of carbonyl (C=O) groups excluding carboxylic acids is 3. The summed E-state index contributed by atoms with van der Waals surface area (Å²) in [4.78, 5) is 46.8. The first kappa shape index (κ1) is 39.5. The molecule has 0 spiro atoms. The molecule has 3 atom stereocenters. The molecule has 5 aliphatic rings. The van der Waals surface area contributed by atoms with Crippen molar-refractivity contribution in [3.05, 3.63) is 59.2 Å². The Balaban J connectivity index is 1.03. The first-order valence-corrected chi connectivity index (χ1v) is 19.9. The van der Waals surface area contributed by atoms with Crippen LogP contribution in [0.3, 0.4) is 0 Å². The number of anilines is 1. The highest BCUT2D eigenvalue weighted by Gasteiger charge is 2.53. The van der Waals surface area contributed by atoms with Crippen LogP contribution < -0.4 is 23.8 Å². The highest BCUT2D eigenvalue weighted by atomic mass is 16.7. The second-order valence-corrected chi connectivity index (χ2v) is 16.2. The van der Waals surface area contributed by atoms with Crippen molar-refractivity contribution in [2.45, 2.75) is 102 Å². The van der Waals surface area contributed by atoms with Gasteiger partial charge in [-0.15, -0.1) is 0 Å². The minimum atomic E-state index is -1.20. The van der Waals surface area contributed by atoms with E-state index in [0.29, 0.717) is 73.3 Å². The van der Waals surface area contributed by atoms with Crippen LogP contribution in [0.5, 0.6) is 23.0 Å². The van der Waals surface area contributed by atoms with E-state index in [2.05, 4.69) is 12.7 Å². The van der Waals surface area contributed by atoms with Crippen LogP contribution in [0.25, 0.3) is 6.08 Å². The molecular weight excluding hydrogens is 718 g/mol. The summed E-state index contributed by atoms with van der Waals surface area (Å²) in [7, 11) is 3.11. The largest absolute Gasteiger partial charge is 0.493 e. The lowest BCUT2D eigenvalue weighted by Crippen LogP contribution is -2.57. The predicted molar refractivity (Wildman–Crippen MR) is 210 cm³/mol. The molecule has 2 aromatic carbocycles. The van der Waals surface area contributed by atoms with E-state index in [-0.39, 0.29) is 36.5 Å². The Morgan fingerprint density at radius 3 is 2.29 bits per heavy atom. The molecule has 0 N–H and O–H groups in total. The molecule has 0 aliphatic carbocycles. The Morgan fingerprint density at radius 2 is 1.61 bits per heavy atom. The summed E-state index contributed by atoms with van der Waals surface area (Å²) < 4.78 is 42.3. The highest BCUT2D eigenvalue weighted by Crippen LogP contribution is 2.46. The number of hydrogen-bond donors (Lipinski definition) is 0. The van der Waals surface area contributed by atoms with Crippen LogP contribution in [-0.2, 0) is 14.2 Å². The average Bonchev–Trinajstić information content (AvgIpc) is 3.72. The maximum absolute atomic E-state index is 14.4. The molecule has 13 nitrogen and oxygen atoms in total. The summed E-state index contributed by atoms with van der Waals surface area (Å²) in [6, 6.07) is 7.14. The van der Waals surface area contributed by atoms with E-state index >= 15 is 0 Å². The van der Waals surface area contributed by atoms with Gasteiger partial charge >= 0.3 is 6.09 Å². The minimum Gasteiger partial charge on any atom is -0.493 e. The van der Waals surface area contributed by atoms with Crippen molar-refractivity contribution in [3.63, 3.8) is 0 Å². The summed E-state index contributed by atoms with van der Waals surface area (Å²) in [5.41, 5.74) is 0.929. The van der Waals surface area contributed by atoms with Gasteiger partial charge in [0.15, 0.2) is 35.0 Å². The zero-order valence-electron chi connectivity index (χ0n) is 33.4. The molecule has 2 aromatic rings. The Hall–Kier alpha value is -4.75. The second-order valence-electron chi connectivity index (χ2n) is 16.2. The van der Waals surface area contributed by atoms with E-state index in [9.17, 15) is 14.4 Å². The van der Waals surface area contributed by atoms with Gasteiger partial charge in [-0.1, -0.05) is 24.3 Å². The summed E-state index contributed by atoms with van der Waals surface area (Å²) in [6.07, 6.45) is 10.2. The number of nitrogens with zero attached hydrogens (tertiary/aromatic N) is 3. The number of fused-ring (bicyclic) bond motifs is 4. The molecule has 0 bridgehead atoms. The van der Waals surface area contributed by atoms with Crippen molar-refractivity contribution in [2.75, 3.05) is 58.6 Å². The molecule has 5 heterocycles. The van der Waals surface area contributed by atoms with E-state index in [0.717, 1.165) is 56.2 Å². The van der Waals surface area contributed by atoms with Crippen molar-refractivity contribution in [2.24, 2.45) is 0 Å². The van der Waals surface area contributed by atoms with Crippen LogP contribution in [0.15, 0.2) is 42.5 Å². The number of benzene rings is 2. The second kappa shape index (κ2) is 16.4. The van der Waals surface area contributed by atoms with E-state index in [1.54, 1.807) is 51.0 Å². The molecule has 0 radical (unpaired) electrons. The lowest BCUT2D eigenvalue weighted by Gasteiger charge is -2.41. The molecule has 1 unspecified atom stereocenters. The number of ether oxygens (including phenoxy) is 7. The molecule has 3 amide bonds. The topological polar surface area (TPSA) is 126 Å². The van der Waals surface area contributed by atoms with Gasteiger partial charge < -0.3 is 43.0 Å². The van der Waals surface area contributed by atoms with Gasteiger partial charge in [-0.25, -0.2) is 4.79 Å². The number of methoxy groups -OCH3 is 2. The fourth-order valence-electron chi connectivity index (χ4n) is 8.20. The standard InChI is InChI=1S/C43H55N3O10/c1-28-25-43(55-38-14-8-11-20-54-38)27-45(41(49)56-42(2,3)4)33-24-37(35(51-6)23-32(33)40(48)46(43)26-28)53-19-10-7-9-18-52-36-21-29-15-16-30-13-12-17-44(30)39(47)31(29)22-34(36)50-5/h15-16,21-24,30,38H,1,7-14,17-20,25-27H2,2-6H3/t30-,38?,43+/m0/s1. The van der Waals surface area contributed by atoms with Crippen LogP contribution in [0.2, 0.25) is 0 Å². The molecule has 7 rings (SSSR count). The van der Waals surface area contributed by atoms with Crippen LogP contribution in [0.1, 0.15) is 105 Å². The van der Waals surface area contributed by atoms with Gasteiger partial charge in [-0.05, 0) is 95.9 Å². The number of rotatable bonds is 12. The van der Waals surface area contributed by atoms with Crippen LogP contribution in [0, 0.1) is 0 Å². The van der Waals surface area contributed by atoms with Gasteiger partial charge in [0.05, 0.1) is 56.8 Å². The Bertz CT molecular complexity index is 1860. The number of unbranched alkanes of at least 4 members (excludes halogenated alkanes) is 2. The smallest absolute Gasteiger partial charge is 0.414 e. The van der Waals surface area contributed by atoms with Gasteiger partial charge in [0, 0.05) is 32.2 Å². The van der Waals surface area contributed by atoms with Gasteiger partial charge in [0.25, 0.3) is 11.8 Å². The first-order valence-electron chi connectivity index (χ1n) is 19.9. The zero-order valence-corrected chi connectivity index (χ0v) is 33.4. The van der Waals surface area contributed by atoms with Crippen molar-refractivity contribution < 1.29 is 47.5 Å². The van der Waals surface area contributed by atoms with Crippen LogP contribution >= 0.6 is 0 Å². The maximum Gasteiger partial charge on any atom is 0.414 e. The third kappa shape index (κ3) is 8.20. The molecular formula is C43H55N3O10. The Kier molecular flexibility index (Phi) is 11.6. The van der Waals surface area contributed by atoms with Gasteiger partial charge in [-0.3, -0.25) is 14.5 Å². The van der Waals surface area contributed by atoms with Crippen molar-refractivity contribution in [1.29, 1.82) is 0 Å². The summed E-state index contributed by atoms with van der Waals surface area (Å²) in [5.74, 6) is 1.63. The SMILES string of the molecule is C=C1CN2C(=O)c3cc(OC)c(OCCCCCOc4cc5c(cc4OC)C(=O)N4CCC[C@H]4C=C5)cc3N(C(=O)OC(C)(C)C)C[C@]2(OC2CCCCO2)C1. The quantitative estimate of drug-likeness (QED) is 0.160.